The van der Waals surface area contributed by atoms with Crippen LogP contribution in [-0.2, 0) is 12.8 Å². The zero-order chi connectivity index (χ0) is 33.6. The molecule has 0 saturated heterocycles. The number of unbranched alkanes of at least 4 members (excludes halogenated alkanes) is 14. The van der Waals surface area contributed by atoms with E-state index in [9.17, 15) is 4.79 Å². The summed E-state index contributed by atoms with van der Waals surface area (Å²) in [4.78, 5) is 14.7. The van der Waals surface area contributed by atoms with Crippen molar-refractivity contribution in [3.05, 3.63) is 118 Å². The van der Waals surface area contributed by atoms with Gasteiger partial charge in [-0.05, 0) is 59.1 Å². The zero-order valence-electron chi connectivity index (χ0n) is 29.6. The molecule has 0 bridgehead atoms. The number of hydrogen-bond donors (Lipinski definition) is 0. The molecule has 0 unspecified atom stereocenters. The van der Waals surface area contributed by atoms with Gasteiger partial charge in [0.05, 0.1) is 4.86 Å². The lowest BCUT2D eigenvalue weighted by Crippen LogP contribution is -2.22. The molecule has 0 saturated carbocycles. The highest BCUT2D eigenvalue weighted by atomic mass is 32.1. The molecule has 1 aliphatic carbocycles. The number of ketones is 1. The number of aryl methyl sites for hydroxylation is 2. The largest absolute Gasteiger partial charge is 0.289 e. The van der Waals surface area contributed by atoms with E-state index in [2.05, 4.69) is 74.5 Å². The first-order valence-corrected chi connectivity index (χ1v) is 19.6. The molecule has 0 N–H and O–H groups in total. The maximum Gasteiger partial charge on any atom is 0.194 e. The summed E-state index contributed by atoms with van der Waals surface area (Å²) in [6.45, 7) is 4.55. The van der Waals surface area contributed by atoms with Gasteiger partial charge in [0.25, 0.3) is 0 Å². The van der Waals surface area contributed by atoms with Crippen molar-refractivity contribution >= 4 is 22.9 Å². The standard InChI is InChI=1S/C46H56OS/c1-3-5-7-9-11-13-15-17-21-35-27-31-37(32-28-35)39-23-19-25-41-43(39)46(48)44-40(24-20-26-42(44)45(41)47)38-33-29-36(30-34-38)22-18-16-14-12-10-8-6-4-2/h19-20,23-34H,3-18,21-22H2,1-2H3. The fourth-order valence-electron chi connectivity index (χ4n) is 7.35. The lowest BCUT2D eigenvalue weighted by Gasteiger charge is -2.25. The highest BCUT2D eigenvalue weighted by molar-refractivity contribution is 7.81. The molecule has 0 aliphatic heterocycles. The molecule has 1 nitrogen and oxygen atoms in total. The van der Waals surface area contributed by atoms with Crippen LogP contribution in [0.4, 0.5) is 0 Å². The fraction of sp³-hybridized carbons (Fsp3) is 0.435. The summed E-state index contributed by atoms with van der Waals surface area (Å²) in [6.07, 6.45) is 23.7. The summed E-state index contributed by atoms with van der Waals surface area (Å²) in [5.74, 6) is 0.0647. The Hall–Kier alpha value is -3.36. The van der Waals surface area contributed by atoms with Crippen LogP contribution in [0.2, 0.25) is 0 Å². The van der Waals surface area contributed by atoms with Crippen molar-refractivity contribution in [2.75, 3.05) is 0 Å². The van der Waals surface area contributed by atoms with Crippen LogP contribution in [0.25, 0.3) is 22.3 Å². The summed E-state index contributed by atoms with van der Waals surface area (Å²) in [5, 5.41) is 0. The molecule has 5 rings (SSSR count). The minimum absolute atomic E-state index is 0.0647. The first-order valence-electron chi connectivity index (χ1n) is 19.2. The van der Waals surface area contributed by atoms with E-state index >= 15 is 0 Å². The quantitative estimate of drug-likeness (QED) is 0.0612. The van der Waals surface area contributed by atoms with Gasteiger partial charge in [0, 0.05) is 22.3 Å². The normalized spacial score (nSPS) is 12.3. The summed E-state index contributed by atoms with van der Waals surface area (Å²) in [6, 6.07) is 30.1. The molecule has 4 aromatic rings. The van der Waals surface area contributed by atoms with E-state index in [4.69, 9.17) is 12.2 Å². The Morgan fingerprint density at radius 3 is 1.12 bits per heavy atom. The molecule has 0 spiro atoms. The third kappa shape index (κ3) is 9.41. The number of hydrogen-bond acceptors (Lipinski definition) is 2. The minimum Gasteiger partial charge on any atom is -0.289 e. The van der Waals surface area contributed by atoms with Crippen molar-refractivity contribution in [3.8, 4) is 22.3 Å². The van der Waals surface area contributed by atoms with Crippen LogP contribution < -0.4 is 0 Å². The van der Waals surface area contributed by atoms with Crippen LogP contribution in [0, 0.1) is 0 Å². The van der Waals surface area contributed by atoms with Gasteiger partial charge in [-0.2, -0.15) is 0 Å². The number of fused-ring (bicyclic) bond motifs is 2. The second kappa shape index (κ2) is 19.0. The molecule has 4 aromatic carbocycles. The van der Waals surface area contributed by atoms with Gasteiger partial charge in [0.2, 0.25) is 0 Å². The van der Waals surface area contributed by atoms with Crippen LogP contribution in [0.15, 0.2) is 84.9 Å². The Morgan fingerprint density at radius 1 is 0.417 bits per heavy atom. The monoisotopic (exact) mass is 656 g/mol. The Kier molecular flexibility index (Phi) is 14.2. The average Bonchev–Trinajstić information content (AvgIpc) is 3.13. The Balaban J connectivity index is 1.26. The second-order valence-electron chi connectivity index (χ2n) is 14.0. The molecule has 0 atom stereocenters. The molecule has 2 heteroatoms. The maximum atomic E-state index is 14.0. The summed E-state index contributed by atoms with van der Waals surface area (Å²) in [5.41, 5.74) is 10.3. The van der Waals surface area contributed by atoms with Crippen molar-refractivity contribution in [2.24, 2.45) is 0 Å². The van der Waals surface area contributed by atoms with Crippen LogP contribution in [0.5, 0.6) is 0 Å². The maximum absolute atomic E-state index is 14.0. The third-order valence-electron chi connectivity index (χ3n) is 10.2. The van der Waals surface area contributed by atoms with Crippen molar-refractivity contribution in [2.45, 2.75) is 129 Å². The van der Waals surface area contributed by atoms with E-state index < -0.39 is 0 Å². The van der Waals surface area contributed by atoms with Crippen molar-refractivity contribution < 1.29 is 4.79 Å². The van der Waals surface area contributed by atoms with Gasteiger partial charge < -0.3 is 0 Å². The van der Waals surface area contributed by atoms with Crippen molar-refractivity contribution in [1.82, 2.24) is 0 Å². The molecule has 0 heterocycles. The average molecular weight is 657 g/mol. The topological polar surface area (TPSA) is 17.1 Å². The summed E-state index contributed by atoms with van der Waals surface area (Å²) in [7, 11) is 0. The second-order valence-corrected chi connectivity index (χ2v) is 14.4. The lowest BCUT2D eigenvalue weighted by molar-refractivity contribution is 0.103. The molecule has 0 amide bonds. The number of carbonyl (C=O) groups is 1. The smallest absolute Gasteiger partial charge is 0.194 e. The van der Waals surface area contributed by atoms with Gasteiger partial charge in [-0.25, -0.2) is 0 Å². The SMILES string of the molecule is CCCCCCCCCCc1ccc(-c2cccc3c2C(=S)c2c(cccc2-c2ccc(CCCCCCCCCC)cc2)C3=O)cc1. The van der Waals surface area contributed by atoms with Crippen LogP contribution in [0.3, 0.4) is 0 Å². The molecule has 1 aliphatic rings. The van der Waals surface area contributed by atoms with E-state index in [1.807, 2.05) is 24.3 Å². The van der Waals surface area contributed by atoms with Gasteiger partial charge in [-0.3, -0.25) is 4.79 Å². The Labute approximate surface area is 296 Å². The first kappa shape index (κ1) is 35.9. The van der Waals surface area contributed by atoms with Gasteiger partial charge in [-0.15, -0.1) is 0 Å². The van der Waals surface area contributed by atoms with Crippen LogP contribution in [-0.4, -0.2) is 10.6 Å². The third-order valence-corrected chi connectivity index (χ3v) is 10.6. The predicted molar refractivity (Wildman–Crippen MR) is 211 cm³/mol. The van der Waals surface area contributed by atoms with E-state index in [-0.39, 0.29) is 5.78 Å². The zero-order valence-corrected chi connectivity index (χ0v) is 30.4. The van der Waals surface area contributed by atoms with Gasteiger partial charge in [0.15, 0.2) is 5.78 Å². The minimum atomic E-state index is 0.0647. The van der Waals surface area contributed by atoms with E-state index in [0.29, 0.717) is 11.1 Å². The molecule has 0 aromatic heterocycles. The molecule has 252 valence electrons. The number of thiocarbonyl (C=S) groups is 1. The summed E-state index contributed by atoms with van der Waals surface area (Å²) >= 11 is 6.27. The fourth-order valence-corrected chi connectivity index (χ4v) is 7.79. The van der Waals surface area contributed by atoms with E-state index in [1.165, 1.54) is 114 Å². The first-order chi connectivity index (χ1) is 23.6. The van der Waals surface area contributed by atoms with E-state index in [1.54, 1.807) is 0 Å². The predicted octanol–water partition coefficient (Wildman–Crippen LogP) is 13.7. The van der Waals surface area contributed by atoms with Crippen LogP contribution >= 0.6 is 12.2 Å². The molecular formula is C46H56OS. The molecule has 0 radical (unpaired) electrons. The van der Waals surface area contributed by atoms with Crippen molar-refractivity contribution in [3.63, 3.8) is 0 Å². The highest BCUT2D eigenvalue weighted by Gasteiger charge is 2.31. The van der Waals surface area contributed by atoms with Crippen molar-refractivity contribution in [1.29, 1.82) is 0 Å². The Bertz CT molecular complexity index is 1490. The Morgan fingerprint density at radius 2 is 0.750 bits per heavy atom. The van der Waals surface area contributed by atoms with Gasteiger partial charge in [0.1, 0.15) is 0 Å². The van der Waals surface area contributed by atoms with Crippen LogP contribution in [0.1, 0.15) is 155 Å². The van der Waals surface area contributed by atoms with E-state index in [0.717, 1.165) is 51.1 Å². The summed E-state index contributed by atoms with van der Waals surface area (Å²) < 4.78 is 0. The highest BCUT2D eigenvalue weighted by Crippen LogP contribution is 2.39. The number of benzene rings is 4. The number of rotatable bonds is 20. The molecular weight excluding hydrogens is 601 g/mol. The number of carbonyl (C=O) groups excluding carboxylic acids is 1. The van der Waals surface area contributed by atoms with Gasteiger partial charge >= 0.3 is 0 Å². The molecule has 48 heavy (non-hydrogen) atoms. The van der Waals surface area contributed by atoms with Gasteiger partial charge in [-0.1, -0.05) is 201 Å². The molecule has 0 fully saturated rings. The lowest BCUT2D eigenvalue weighted by atomic mass is 9.78.